The van der Waals surface area contributed by atoms with Gasteiger partial charge in [0.05, 0.1) is 6.61 Å². The summed E-state index contributed by atoms with van der Waals surface area (Å²) in [5.41, 5.74) is 1.92. The molecule has 0 amide bonds. The molecule has 104 valence electrons. The van der Waals surface area contributed by atoms with E-state index in [0.717, 1.165) is 11.1 Å². The molecule has 0 aliphatic rings. The summed E-state index contributed by atoms with van der Waals surface area (Å²) in [5, 5.41) is 3.22. The molecule has 2 aromatic rings. The fraction of sp³-hybridized carbons (Fsp3) is 0.250. The number of nitrogens with zero attached hydrogens (tertiary/aromatic N) is 1. The van der Waals surface area contributed by atoms with E-state index in [-0.39, 0.29) is 5.97 Å². The van der Waals surface area contributed by atoms with E-state index in [9.17, 15) is 4.79 Å². The molecule has 0 aliphatic carbocycles. The van der Waals surface area contributed by atoms with Crippen molar-refractivity contribution in [2.24, 2.45) is 0 Å². The molecular formula is C16H18N2O2. The highest BCUT2D eigenvalue weighted by Crippen LogP contribution is 2.14. The van der Waals surface area contributed by atoms with Crippen LogP contribution in [0.5, 0.6) is 0 Å². The third kappa shape index (κ3) is 3.90. The monoisotopic (exact) mass is 270 g/mol. The summed E-state index contributed by atoms with van der Waals surface area (Å²) in [6.45, 7) is 2.76. The largest absolute Gasteiger partial charge is 0.465 e. The number of hydrogen-bond donors (Lipinski definition) is 1. The lowest BCUT2D eigenvalue weighted by Crippen LogP contribution is -2.30. The normalized spacial score (nSPS) is 11.8. The summed E-state index contributed by atoms with van der Waals surface area (Å²) in [5.74, 6) is -0.281. The molecule has 1 unspecified atom stereocenters. The first-order chi connectivity index (χ1) is 9.81. The molecule has 2 rings (SSSR count). The number of hydrogen-bond acceptors (Lipinski definition) is 4. The van der Waals surface area contributed by atoms with Crippen molar-refractivity contribution in [1.82, 2.24) is 10.3 Å². The zero-order chi connectivity index (χ0) is 14.2. The van der Waals surface area contributed by atoms with Crippen molar-refractivity contribution >= 4 is 5.97 Å². The summed E-state index contributed by atoms with van der Waals surface area (Å²) >= 11 is 0. The smallest absolute Gasteiger partial charge is 0.327 e. The summed E-state index contributed by atoms with van der Waals surface area (Å²) in [4.78, 5) is 16.1. The molecule has 1 aromatic heterocycles. The van der Waals surface area contributed by atoms with Gasteiger partial charge in [-0.1, -0.05) is 36.4 Å². The average Bonchev–Trinajstić information content (AvgIpc) is 2.50. The number of carbonyl (C=O) groups is 1. The van der Waals surface area contributed by atoms with Crippen molar-refractivity contribution in [1.29, 1.82) is 0 Å². The number of carbonyl (C=O) groups excluding carboxylic acids is 1. The van der Waals surface area contributed by atoms with Gasteiger partial charge in [-0.05, 0) is 24.1 Å². The molecule has 1 N–H and O–H groups in total. The van der Waals surface area contributed by atoms with Gasteiger partial charge in [-0.15, -0.1) is 0 Å². The van der Waals surface area contributed by atoms with Gasteiger partial charge in [0.15, 0.2) is 0 Å². The molecule has 4 heteroatoms. The third-order valence-corrected chi connectivity index (χ3v) is 2.89. The van der Waals surface area contributed by atoms with Gasteiger partial charge in [0.2, 0.25) is 0 Å². The molecule has 0 aliphatic heterocycles. The van der Waals surface area contributed by atoms with E-state index in [4.69, 9.17) is 4.74 Å². The molecule has 20 heavy (non-hydrogen) atoms. The molecular weight excluding hydrogens is 252 g/mol. The number of nitrogens with one attached hydrogen (secondary N) is 1. The van der Waals surface area contributed by atoms with E-state index in [0.29, 0.717) is 13.2 Å². The molecule has 1 heterocycles. The summed E-state index contributed by atoms with van der Waals surface area (Å²) in [6, 6.07) is 13.1. The zero-order valence-electron chi connectivity index (χ0n) is 11.5. The number of pyridine rings is 1. The second kappa shape index (κ2) is 7.40. The molecule has 1 aromatic carbocycles. The van der Waals surface area contributed by atoms with Gasteiger partial charge in [-0.3, -0.25) is 10.3 Å². The number of aromatic nitrogens is 1. The fourth-order valence-electron chi connectivity index (χ4n) is 1.93. The van der Waals surface area contributed by atoms with Crippen LogP contribution in [0.3, 0.4) is 0 Å². The van der Waals surface area contributed by atoms with Crippen LogP contribution in [0.15, 0.2) is 54.9 Å². The Morgan fingerprint density at radius 1 is 1.25 bits per heavy atom. The Kier molecular flexibility index (Phi) is 5.26. The highest BCUT2D eigenvalue weighted by Gasteiger charge is 2.21. The lowest BCUT2D eigenvalue weighted by atomic mass is 10.1. The maximum atomic E-state index is 12.1. The van der Waals surface area contributed by atoms with Crippen LogP contribution in [0, 0.1) is 0 Å². The molecule has 0 bridgehead atoms. The predicted molar refractivity (Wildman–Crippen MR) is 76.9 cm³/mol. The highest BCUT2D eigenvalue weighted by molar-refractivity contribution is 5.77. The Morgan fingerprint density at radius 3 is 2.70 bits per heavy atom. The lowest BCUT2D eigenvalue weighted by molar-refractivity contribution is -0.145. The van der Waals surface area contributed by atoms with E-state index in [2.05, 4.69) is 10.3 Å². The van der Waals surface area contributed by atoms with Gasteiger partial charge in [0.25, 0.3) is 0 Å². The first kappa shape index (κ1) is 14.2. The van der Waals surface area contributed by atoms with Gasteiger partial charge < -0.3 is 4.74 Å². The van der Waals surface area contributed by atoms with Crippen molar-refractivity contribution in [3.05, 3.63) is 66.0 Å². The molecule has 0 saturated carbocycles. The van der Waals surface area contributed by atoms with Crippen molar-refractivity contribution in [3.63, 3.8) is 0 Å². The van der Waals surface area contributed by atoms with Crippen LogP contribution in [0.25, 0.3) is 0 Å². The van der Waals surface area contributed by atoms with Crippen LogP contribution < -0.4 is 5.32 Å². The van der Waals surface area contributed by atoms with Crippen LogP contribution >= 0.6 is 0 Å². The van der Waals surface area contributed by atoms with Gasteiger partial charge in [-0.2, -0.15) is 0 Å². The average molecular weight is 270 g/mol. The Balaban J connectivity index is 2.09. The van der Waals surface area contributed by atoms with Crippen molar-refractivity contribution < 1.29 is 9.53 Å². The second-order valence-corrected chi connectivity index (χ2v) is 4.34. The van der Waals surface area contributed by atoms with E-state index in [1.807, 2.05) is 42.5 Å². The fourth-order valence-corrected chi connectivity index (χ4v) is 1.93. The standard InChI is InChI=1S/C16H18N2O2/c1-2-20-16(19)15(14-9-6-10-17-12-14)18-11-13-7-4-3-5-8-13/h3-10,12,15,18H,2,11H2,1H3. The Labute approximate surface area is 118 Å². The predicted octanol–water partition coefficient (Wildman–Crippen LogP) is 2.48. The number of benzene rings is 1. The third-order valence-electron chi connectivity index (χ3n) is 2.89. The van der Waals surface area contributed by atoms with E-state index in [1.165, 1.54) is 0 Å². The second-order valence-electron chi connectivity index (χ2n) is 4.34. The van der Waals surface area contributed by atoms with E-state index < -0.39 is 6.04 Å². The molecule has 0 radical (unpaired) electrons. The summed E-state index contributed by atoms with van der Waals surface area (Å²) in [7, 11) is 0. The van der Waals surface area contributed by atoms with Crippen molar-refractivity contribution in [2.75, 3.05) is 6.61 Å². The number of esters is 1. The first-order valence-corrected chi connectivity index (χ1v) is 6.65. The van der Waals surface area contributed by atoms with Gasteiger partial charge in [0, 0.05) is 18.9 Å². The summed E-state index contributed by atoms with van der Waals surface area (Å²) in [6.07, 6.45) is 3.36. The minimum Gasteiger partial charge on any atom is -0.465 e. The maximum Gasteiger partial charge on any atom is 0.327 e. The van der Waals surface area contributed by atoms with Crippen molar-refractivity contribution in [2.45, 2.75) is 19.5 Å². The minimum atomic E-state index is -0.496. The van der Waals surface area contributed by atoms with E-state index in [1.54, 1.807) is 19.3 Å². The molecule has 0 spiro atoms. The van der Waals surface area contributed by atoms with Crippen LogP contribution in [-0.2, 0) is 16.1 Å². The van der Waals surface area contributed by atoms with Crippen LogP contribution in [0.1, 0.15) is 24.1 Å². The highest BCUT2D eigenvalue weighted by atomic mass is 16.5. The quantitative estimate of drug-likeness (QED) is 0.819. The van der Waals surface area contributed by atoms with Gasteiger partial charge >= 0.3 is 5.97 Å². The van der Waals surface area contributed by atoms with Crippen LogP contribution in [0.4, 0.5) is 0 Å². The minimum absolute atomic E-state index is 0.281. The number of ether oxygens (including phenoxy) is 1. The molecule has 4 nitrogen and oxygen atoms in total. The lowest BCUT2D eigenvalue weighted by Gasteiger charge is -2.17. The maximum absolute atomic E-state index is 12.1. The van der Waals surface area contributed by atoms with Gasteiger partial charge in [-0.25, -0.2) is 4.79 Å². The molecule has 0 saturated heterocycles. The van der Waals surface area contributed by atoms with Crippen molar-refractivity contribution in [3.8, 4) is 0 Å². The molecule has 0 fully saturated rings. The first-order valence-electron chi connectivity index (χ1n) is 6.65. The van der Waals surface area contributed by atoms with E-state index >= 15 is 0 Å². The van der Waals surface area contributed by atoms with Gasteiger partial charge in [0.1, 0.15) is 6.04 Å². The van der Waals surface area contributed by atoms with Crippen LogP contribution in [0.2, 0.25) is 0 Å². The molecule has 1 atom stereocenters. The SMILES string of the molecule is CCOC(=O)C(NCc1ccccc1)c1cccnc1. The van der Waals surface area contributed by atoms with Crippen LogP contribution in [-0.4, -0.2) is 17.6 Å². The Morgan fingerprint density at radius 2 is 2.05 bits per heavy atom. The Bertz CT molecular complexity index is 529. The topological polar surface area (TPSA) is 51.2 Å². The Hall–Kier alpha value is -2.20. The zero-order valence-corrected chi connectivity index (χ0v) is 11.5. The number of rotatable bonds is 6. The summed E-state index contributed by atoms with van der Waals surface area (Å²) < 4.78 is 5.12.